The second kappa shape index (κ2) is 13.6. The van der Waals surface area contributed by atoms with E-state index in [1.165, 1.54) is 49.4 Å². The number of aryl methyl sites for hydroxylation is 1. The molecule has 0 saturated carbocycles. The summed E-state index contributed by atoms with van der Waals surface area (Å²) in [6.45, 7) is 2.83. The average molecular weight is 627 g/mol. The van der Waals surface area contributed by atoms with Crippen LogP contribution >= 0.6 is 34.8 Å². The van der Waals surface area contributed by atoms with Crippen LogP contribution in [-0.4, -0.2) is 51.9 Å². The molecular formula is C28H30Cl3N3O5S. The third kappa shape index (κ3) is 7.01. The monoisotopic (exact) mass is 625 g/mol. The number of ether oxygens (including phenoxy) is 1. The molecule has 0 spiro atoms. The summed E-state index contributed by atoms with van der Waals surface area (Å²) in [5, 5.41) is 3.35. The molecule has 2 amide bonds. The van der Waals surface area contributed by atoms with E-state index >= 15 is 0 Å². The zero-order chi connectivity index (χ0) is 29.6. The molecule has 3 aromatic rings. The van der Waals surface area contributed by atoms with Gasteiger partial charge in [0, 0.05) is 29.2 Å². The van der Waals surface area contributed by atoms with Crippen LogP contribution in [0.25, 0.3) is 0 Å². The molecule has 3 rings (SSSR count). The molecule has 0 radical (unpaired) electrons. The zero-order valence-electron chi connectivity index (χ0n) is 22.4. The average Bonchev–Trinajstić information content (AvgIpc) is 2.92. The number of anilines is 1. The highest BCUT2D eigenvalue weighted by Gasteiger charge is 2.34. The van der Waals surface area contributed by atoms with E-state index in [1.54, 1.807) is 37.3 Å². The highest BCUT2D eigenvalue weighted by molar-refractivity contribution is 7.92. The Bertz CT molecular complexity index is 1460. The molecule has 214 valence electrons. The van der Waals surface area contributed by atoms with E-state index < -0.39 is 34.4 Å². The Balaban J connectivity index is 2.13. The number of hydrogen-bond donors (Lipinski definition) is 1. The van der Waals surface area contributed by atoms with Gasteiger partial charge in [-0.25, -0.2) is 8.42 Å². The molecule has 40 heavy (non-hydrogen) atoms. The number of nitrogens with one attached hydrogen (secondary N) is 1. The van der Waals surface area contributed by atoms with Crippen LogP contribution in [0.1, 0.15) is 24.5 Å². The molecule has 3 aromatic carbocycles. The van der Waals surface area contributed by atoms with Crippen molar-refractivity contribution in [3.05, 3.63) is 86.9 Å². The number of hydrogen-bond acceptors (Lipinski definition) is 5. The molecular weight excluding hydrogens is 597 g/mol. The molecule has 0 aliphatic rings. The lowest BCUT2D eigenvalue weighted by atomic mass is 10.1. The summed E-state index contributed by atoms with van der Waals surface area (Å²) in [7, 11) is -1.35. The van der Waals surface area contributed by atoms with E-state index in [-0.39, 0.29) is 28.6 Å². The fourth-order valence-corrected chi connectivity index (χ4v) is 6.29. The van der Waals surface area contributed by atoms with Gasteiger partial charge in [-0.3, -0.25) is 13.9 Å². The number of benzene rings is 3. The van der Waals surface area contributed by atoms with Crippen molar-refractivity contribution < 1.29 is 22.7 Å². The first kappa shape index (κ1) is 31.5. The molecule has 0 saturated heterocycles. The fourth-order valence-electron chi connectivity index (χ4n) is 4.12. The minimum Gasteiger partial charge on any atom is -0.495 e. The second-order valence-electron chi connectivity index (χ2n) is 8.90. The Morgan fingerprint density at radius 3 is 2.12 bits per heavy atom. The third-order valence-corrected chi connectivity index (χ3v) is 9.13. The van der Waals surface area contributed by atoms with Crippen molar-refractivity contribution in [3.63, 3.8) is 0 Å². The number of rotatable bonds is 11. The number of amides is 2. The van der Waals surface area contributed by atoms with Crippen molar-refractivity contribution in [3.8, 4) is 5.75 Å². The predicted octanol–water partition coefficient (Wildman–Crippen LogP) is 5.71. The van der Waals surface area contributed by atoms with Crippen molar-refractivity contribution in [2.24, 2.45) is 0 Å². The number of sulfonamides is 1. The zero-order valence-corrected chi connectivity index (χ0v) is 25.5. The first-order valence-corrected chi connectivity index (χ1v) is 14.9. The maximum absolute atomic E-state index is 14.0. The van der Waals surface area contributed by atoms with Crippen molar-refractivity contribution in [1.29, 1.82) is 0 Å². The number of methoxy groups -OCH3 is 1. The van der Waals surface area contributed by atoms with Gasteiger partial charge in [-0.05, 0) is 55.8 Å². The Kier molecular flexibility index (Phi) is 10.7. The van der Waals surface area contributed by atoms with E-state index in [0.717, 1.165) is 9.87 Å². The van der Waals surface area contributed by atoms with Gasteiger partial charge >= 0.3 is 0 Å². The van der Waals surface area contributed by atoms with Crippen LogP contribution in [0.4, 0.5) is 5.69 Å². The normalized spacial score (nSPS) is 12.0. The highest BCUT2D eigenvalue weighted by atomic mass is 35.5. The van der Waals surface area contributed by atoms with Gasteiger partial charge in [-0.1, -0.05) is 65.5 Å². The van der Waals surface area contributed by atoms with Crippen LogP contribution < -0.4 is 14.4 Å². The molecule has 12 heteroatoms. The molecule has 0 fully saturated rings. The number of carbonyl (C=O) groups is 2. The van der Waals surface area contributed by atoms with Gasteiger partial charge in [-0.15, -0.1) is 0 Å². The summed E-state index contributed by atoms with van der Waals surface area (Å²) in [4.78, 5) is 28.1. The first-order valence-electron chi connectivity index (χ1n) is 12.3. The van der Waals surface area contributed by atoms with Gasteiger partial charge in [0.15, 0.2) is 0 Å². The Morgan fingerprint density at radius 2 is 1.60 bits per heavy atom. The van der Waals surface area contributed by atoms with Crippen LogP contribution in [0.3, 0.4) is 0 Å². The summed E-state index contributed by atoms with van der Waals surface area (Å²) < 4.78 is 34.0. The molecule has 1 atom stereocenters. The largest absolute Gasteiger partial charge is 0.495 e. The molecule has 0 bridgehead atoms. The van der Waals surface area contributed by atoms with Crippen LogP contribution in [-0.2, 0) is 26.2 Å². The smallest absolute Gasteiger partial charge is 0.264 e. The molecule has 0 aromatic heterocycles. The highest BCUT2D eigenvalue weighted by Crippen LogP contribution is 2.33. The van der Waals surface area contributed by atoms with E-state index in [0.29, 0.717) is 21.4 Å². The molecule has 0 aliphatic heterocycles. The summed E-state index contributed by atoms with van der Waals surface area (Å²) in [6, 6.07) is 14.7. The number of halogens is 3. The van der Waals surface area contributed by atoms with E-state index in [1.807, 2.05) is 6.92 Å². The molecule has 0 heterocycles. The summed E-state index contributed by atoms with van der Waals surface area (Å²) in [5.74, 6) is -0.724. The van der Waals surface area contributed by atoms with Gasteiger partial charge < -0.3 is 15.0 Å². The van der Waals surface area contributed by atoms with Gasteiger partial charge in [0.25, 0.3) is 10.0 Å². The minimum atomic E-state index is -4.25. The third-order valence-electron chi connectivity index (χ3n) is 6.33. The fraction of sp³-hybridized carbons (Fsp3) is 0.286. The van der Waals surface area contributed by atoms with Gasteiger partial charge in [-0.2, -0.15) is 0 Å². The van der Waals surface area contributed by atoms with Crippen molar-refractivity contribution in [2.45, 2.75) is 37.8 Å². The Morgan fingerprint density at radius 1 is 0.975 bits per heavy atom. The van der Waals surface area contributed by atoms with Crippen LogP contribution in [0, 0.1) is 6.92 Å². The lowest BCUT2D eigenvalue weighted by Crippen LogP contribution is -2.51. The molecule has 1 N–H and O–H groups in total. The maximum Gasteiger partial charge on any atom is 0.264 e. The number of likely N-dealkylation sites (N-methyl/N-ethyl adjacent to an activating group) is 1. The summed E-state index contributed by atoms with van der Waals surface area (Å²) in [5.41, 5.74) is 1.44. The lowest BCUT2D eigenvalue weighted by molar-refractivity contribution is -0.140. The summed E-state index contributed by atoms with van der Waals surface area (Å²) in [6.07, 6.45) is 0.257. The molecule has 0 unspecified atom stereocenters. The van der Waals surface area contributed by atoms with Crippen molar-refractivity contribution >= 4 is 62.3 Å². The standard InChI is InChI=1S/C28H30Cl3N3O5S/c1-5-25(28(36)32-3)33(16-21-22(29)7-6-8-23(21)30)27(35)17-34(19-11-14-26(39-4)24(31)15-19)40(37,38)20-12-9-18(2)10-13-20/h6-15,25H,5,16-17H2,1-4H3,(H,32,36)/t25-/m1/s1. The SMILES string of the molecule is CC[C@H](C(=O)NC)N(Cc1c(Cl)cccc1Cl)C(=O)CN(c1ccc(OC)c(Cl)c1)S(=O)(=O)c1ccc(C)cc1. The van der Waals surface area contributed by atoms with Crippen LogP contribution in [0.2, 0.25) is 15.1 Å². The Labute approximate surface area is 249 Å². The van der Waals surface area contributed by atoms with Crippen molar-refractivity contribution in [2.75, 3.05) is 25.0 Å². The van der Waals surface area contributed by atoms with Crippen LogP contribution in [0.15, 0.2) is 65.6 Å². The lowest BCUT2D eigenvalue weighted by Gasteiger charge is -2.33. The first-order chi connectivity index (χ1) is 18.9. The number of carbonyl (C=O) groups excluding carboxylic acids is 2. The quantitative estimate of drug-likeness (QED) is 0.294. The van der Waals surface area contributed by atoms with E-state index in [4.69, 9.17) is 39.5 Å². The summed E-state index contributed by atoms with van der Waals surface area (Å²) >= 11 is 19.1. The van der Waals surface area contributed by atoms with Gasteiger partial charge in [0.1, 0.15) is 18.3 Å². The van der Waals surface area contributed by atoms with Crippen molar-refractivity contribution in [1.82, 2.24) is 10.2 Å². The van der Waals surface area contributed by atoms with Gasteiger partial charge in [0.05, 0.1) is 22.7 Å². The van der Waals surface area contributed by atoms with Crippen LogP contribution in [0.5, 0.6) is 5.75 Å². The van der Waals surface area contributed by atoms with E-state index in [2.05, 4.69) is 5.32 Å². The molecule has 8 nitrogen and oxygen atoms in total. The number of nitrogens with zero attached hydrogens (tertiary/aromatic N) is 2. The Hall–Kier alpha value is -2.98. The molecule has 0 aliphatic carbocycles. The van der Waals surface area contributed by atoms with Gasteiger partial charge in [0.2, 0.25) is 11.8 Å². The predicted molar refractivity (Wildman–Crippen MR) is 159 cm³/mol. The second-order valence-corrected chi connectivity index (χ2v) is 12.0. The maximum atomic E-state index is 14.0. The topological polar surface area (TPSA) is 96.0 Å². The minimum absolute atomic E-state index is 0.0168. The van der Waals surface area contributed by atoms with E-state index in [9.17, 15) is 18.0 Å².